The predicted octanol–water partition coefficient (Wildman–Crippen LogP) is 1.69. The number of carbonyl (C=O) groups is 3. The zero-order chi connectivity index (χ0) is 12.6. The summed E-state index contributed by atoms with van der Waals surface area (Å²) in [6.45, 7) is 0. The number of rotatable bonds is 2. The summed E-state index contributed by atoms with van der Waals surface area (Å²) in [5.74, 6) is -2.01. The van der Waals surface area contributed by atoms with Crippen molar-refractivity contribution in [2.75, 3.05) is 4.90 Å². The van der Waals surface area contributed by atoms with Crippen molar-refractivity contribution in [1.29, 1.82) is 0 Å². The second-order valence-corrected chi connectivity index (χ2v) is 4.03. The van der Waals surface area contributed by atoms with Crippen LogP contribution in [-0.4, -0.2) is 22.9 Å². The average molecular weight is 254 g/mol. The van der Waals surface area contributed by atoms with Crippen molar-refractivity contribution in [3.05, 3.63) is 28.8 Å². The first-order valence-corrected chi connectivity index (χ1v) is 5.27. The number of amides is 2. The maximum atomic E-state index is 11.5. The van der Waals surface area contributed by atoms with Gasteiger partial charge in [0.15, 0.2) is 0 Å². The molecule has 17 heavy (non-hydrogen) atoms. The monoisotopic (exact) mass is 253 g/mol. The lowest BCUT2D eigenvalue weighted by molar-refractivity contribution is -0.121. The first-order valence-electron chi connectivity index (χ1n) is 4.89. The lowest BCUT2D eigenvalue weighted by Crippen LogP contribution is -2.30. The van der Waals surface area contributed by atoms with E-state index >= 15 is 0 Å². The van der Waals surface area contributed by atoms with Gasteiger partial charge in [-0.2, -0.15) is 0 Å². The van der Waals surface area contributed by atoms with Gasteiger partial charge < -0.3 is 5.11 Å². The van der Waals surface area contributed by atoms with E-state index < -0.39 is 17.8 Å². The van der Waals surface area contributed by atoms with Gasteiger partial charge in [0.1, 0.15) is 0 Å². The Bertz CT molecular complexity index is 510. The number of hydrogen-bond donors (Lipinski definition) is 1. The number of aromatic carboxylic acids is 1. The Labute approximate surface area is 102 Å². The Balaban J connectivity index is 2.57. The lowest BCUT2D eigenvalue weighted by Gasteiger charge is -2.16. The van der Waals surface area contributed by atoms with Gasteiger partial charge in [-0.25, -0.2) is 9.69 Å². The van der Waals surface area contributed by atoms with Crippen molar-refractivity contribution in [2.45, 2.75) is 12.8 Å². The van der Waals surface area contributed by atoms with Crippen LogP contribution in [0.4, 0.5) is 5.69 Å². The van der Waals surface area contributed by atoms with Crippen LogP contribution in [0.1, 0.15) is 23.2 Å². The van der Waals surface area contributed by atoms with Gasteiger partial charge in [-0.3, -0.25) is 9.59 Å². The lowest BCUT2D eigenvalue weighted by atomic mass is 10.1. The molecule has 0 atom stereocenters. The molecule has 0 bridgehead atoms. The van der Waals surface area contributed by atoms with Gasteiger partial charge in [0.05, 0.1) is 11.3 Å². The van der Waals surface area contributed by atoms with Crippen molar-refractivity contribution in [3.63, 3.8) is 0 Å². The van der Waals surface area contributed by atoms with E-state index in [0.29, 0.717) is 0 Å². The molecule has 1 heterocycles. The van der Waals surface area contributed by atoms with Crippen molar-refractivity contribution < 1.29 is 19.5 Å². The quantitative estimate of drug-likeness (QED) is 0.814. The molecule has 0 spiro atoms. The fraction of sp³-hybridized carbons (Fsp3) is 0.182. The van der Waals surface area contributed by atoms with Gasteiger partial charge >= 0.3 is 5.97 Å². The van der Waals surface area contributed by atoms with Gasteiger partial charge in [0, 0.05) is 17.9 Å². The van der Waals surface area contributed by atoms with Crippen molar-refractivity contribution in [2.24, 2.45) is 0 Å². The molecule has 5 nitrogen and oxygen atoms in total. The summed E-state index contributed by atoms with van der Waals surface area (Å²) in [6, 6.07) is 3.99. The summed E-state index contributed by atoms with van der Waals surface area (Å²) in [7, 11) is 0. The Morgan fingerprint density at radius 1 is 1.24 bits per heavy atom. The number of imide groups is 1. The SMILES string of the molecule is O=C(O)c1ccc(Cl)cc1N1C(=O)CCC1=O. The smallest absolute Gasteiger partial charge is 0.337 e. The minimum Gasteiger partial charge on any atom is -0.478 e. The van der Waals surface area contributed by atoms with Crippen LogP contribution in [0.3, 0.4) is 0 Å². The van der Waals surface area contributed by atoms with Crippen LogP contribution in [0.25, 0.3) is 0 Å². The van der Waals surface area contributed by atoms with Crippen LogP contribution < -0.4 is 4.90 Å². The minimum atomic E-state index is -1.20. The molecule has 0 aliphatic carbocycles. The number of nitrogens with zero attached hydrogens (tertiary/aromatic N) is 1. The third-order valence-electron chi connectivity index (χ3n) is 2.48. The van der Waals surface area contributed by atoms with Crippen LogP contribution in [-0.2, 0) is 9.59 Å². The molecule has 0 unspecified atom stereocenters. The molecular formula is C11H8ClNO4. The summed E-state index contributed by atoms with van der Waals surface area (Å²) < 4.78 is 0. The summed E-state index contributed by atoms with van der Waals surface area (Å²) in [5.41, 5.74) is -0.0736. The topological polar surface area (TPSA) is 74.7 Å². The van der Waals surface area contributed by atoms with Crippen molar-refractivity contribution in [1.82, 2.24) is 0 Å². The summed E-state index contributed by atoms with van der Waals surface area (Å²) in [5, 5.41) is 9.27. The van der Waals surface area contributed by atoms with Crippen LogP contribution in [0.15, 0.2) is 18.2 Å². The van der Waals surface area contributed by atoms with Gasteiger partial charge in [0.25, 0.3) is 0 Å². The predicted molar refractivity (Wildman–Crippen MR) is 60.1 cm³/mol. The molecule has 6 heteroatoms. The number of carboxylic acid groups (broad SMARTS) is 1. The van der Waals surface area contributed by atoms with Crippen LogP contribution in [0.5, 0.6) is 0 Å². The van der Waals surface area contributed by atoms with E-state index in [1.54, 1.807) is 0 Å². The number of hydrogen-bond acceptors (Lipinski definition) is 3. The molecule has 0 radical (unpaired) electrons. The minimum absolute atomic E-state index is 0.0394. The van der Waals surface area contributed by atoms with Crippen LogP contribution in [0, 0.1) is 0 Å². The van der Waals surface area contributed by atoms with Gasteiger partial charge in [-0.05, 0) is 18.2 Å². The molecule has 1 aromatic carbocycles. The fourth-order valence-corrected chi connectivity index (χ4v) is 1.88. The molecule has 0 saturated carbocycles. The Hall–Kier alpha value is -1.88. The normalized spacial score (nSPS) is 15.5. The highest BCUT2D eigenvalue weighted by Crippen LogP contribution is 2.29. The highest BCUT2D eigenvalue weighted by Gasteiger charge is 2.33. The highest BCUT2D eigenvalue weighted by atomic mass is 35.5. The van der Waals surface area contributed by atoms with E-state index in [1.165, 1.54) is 18.2 Å². The number of anilines is 1. The molecule has 1 aromatic rings. The maximum absolute atomic E-state index is 11.5. The summed E-state index contributed by atoms with van der Waals surface area (Å²) in [4.78, 5) is 35.0. The zero-order valence-corrected chi connectivity index (χ0v) is 9.40. The second kappa shape index (κ2) is 4.18. The van der Waals surface area contributed by atoms with Crippen LogP contribution in [0.2, 0.25) is 5.02 Å². The van der Waals surface area contributed by atoms with Crippen LogP contribution >= 0.6 is 11.6 Å². The molecule has 1 aliphatic heterocycles. The summed E-state index contributed by atoms with van der Waals surface area (Å²) in [6.07, 6.45) is 0.203. The third-order valence-corrected chi connectivity index (χ3v) is 2.72. The molecule has 2 amide bonds. The standard InChI is InChI=1S/C11H8ClNO4/c12-6-1-2-7(11(16)17)8(5-6)13-9(14)3-4-10(13)15/h1-2,5H,3-4H2,(H,16,17). The second-order valence-electron chi connectivity index (χ2n) is 3.59. The number of benzene rings is 1. The van der Waals surface area contributed by atoms with E-state index in [2.05, 4.69) is 0 Å². The molecule has 1 fully saturated rings. The van der Waals surface area contributed by atoms with E-state index in [-0.39, 0.29) is 29.1 Å². The zero-order valence-electron chi connectivity index (χ0n) is 8.64. The summed E-state index contributed by atoms with van der Waals surface area (Å²) >= 11 is 5.75. The van der Waals surface area contributed by atoms with E-state index in [1.807, 2.05) is 0 Å². The first kappa shape index (κ1) is 11.6. The molecule has 2 rings (SSSR count). The molecule has 0 aromatic heterocycles. The molecule has 1 saturated heterocycles. The maximum Gasteiger partial charge on any atom is 0.337 e. The molecule has 1 aliphatic rings. The van der Waals surface area contributed by atoms with E-state index in [4.69, 9.17) is 16.7 Å². The Morgan fingerprint density at radius 2 is 1.82 bits per heavy atom. The van der Waals surface area contributed by atoms with Crippen molar-refractivity contribution >= 4 is 35.1 Å². The molecule has 88 valence electrons. The van der Waals surface area contributed by atoms with E-state index in [0.717, 1.165) is 4.90 Å². The Morgan fingerprint density at radius 3 is 2.35 bits per heavy atom. The number of carboxylic acids is 1. The number of halogens is 1. The average Bonchev–Trinajstić information content (AvgIpc) is 2.58. The fourth-order valence-electron chi connectivity index (χ4n) is 1.72. The number of carbonyl (C=O) groups excluding carboxylic acids is 2. The third kappa shape index (κ3) is 2.01. The Kier molecular flexibility index (Phi) is 2.85. The van der Waals surface area contributed by atoms with Gasteiger partial charge in [0.2, 0.25) is 11.8 Å². The molecular weight excluding hydrogens is 246 g/mol. The molecule has 1 N–H and O–H groups in total. The van der Waals surface area contributed by atoms with E-state index in [9.17, 15) is 14.4 Å². The highest BCUT2D eigenvalue weighted by molar-refractivity contribution is 6.31. The van der Waals surface area contributed by atoms with Gasteiger partial charge in [-0.1, -0.05) is 11.6 Å². The first-order chi connectivity index (χ1) is 8.00. The van der Waals surface area contributed by atoms with Gasteiger partial charge in [-0.15, -0.1) is 0 Å². The van der Waals surface area contributed by atoms with Crippen molar-refractivity contribution in [3.8, 4) is 0 Å². The largest absolute Gasteiger partial charge is 0.478 e.